The van der Waals surface area contributed by atoms with Crippen molar-refractivity contribution in [2.75, 3.05) is 32.8 Å². The van der Waals surface area contributed by atoms with Crippen LogP contribution in [0.1, 0.15) is 46.5 Å². The highest BCUT2D eigenvalue weighted by molar-refractivity contribution is 4.69. The summed E-state index contributed by atoms with van der Waals surface area (Å²) in [4.78, 5) is 2.47. The maximum absolute atomic E-state index is 5.73. The molecule has 0 aromatic carbocycles. The van der Waals surface area contributed by atoms with Crippen molar-refractivity contribution in [2.24, 2.45) is 0 Å². The molecule has 0 bridgehead atoms. The van der Waals surface area contributed by atoms with E-state index in [0.717, 1.165) is 32.8 Å². The molecule has 1 aliphatic rings. The Hall–Kier alpha value is -0.120. The maximum atomic E-state index is 5.73. The number of ether oxygens (including phenoxy) is 1. The van der Waals surface area contributed by atoms with Crippen LogP contribution < -0.4 is 5.32 Å². The van der Waals surface area contributed by atoms with Crippen molar-refractivity contribution in [3.63, 3.8) is 0 Å². The van der Waals surface area contributed by atoms with Crippen LogP contribution in [0.15, 0.2) is 0 Å². The van der Waals surface area contributed by atoms with Gasteiger partial charge in [-0.15, -0.1) is 0 Å². The molecule has 0 aromatic rings. The normalized spacial score (nSPS) is 22.9. The monoisotopic (exact) mass is 242 g/mol. The largest absolute Gasteiger partial charge is 0.378 e. The molecule has 1 fully saturated rings. The molecule has 0 spiro atoms. The molecular formula is C14H30N2O. The smallest absolute Gasteiger partial charge is 0.0587 e. The van der Waals surface area contributed by atoms with Gasteiger partial charge in [-0.05, 0) is 52.2 Å². The first-order valence-corrected chi connectivity index (χ1v) is 7.33. The number of hydrogen-bond acceptors (Lipinski definition) is 3. The van der Waals surface area contributed by atoms with Gasteiger partial charge in [0.1, 0.15) is 0 Å². The van der Waals surface area contributed by atoms with E-state index in [4.69, 9.17) is 4.74 Å². The minimum Gasteiger partial charge on any atom is -0.378 e. The quantitative estimate of drug-likeness (QED) is 0.706. The van der Waals surface area contributed by atoms with Gasteiger partial charge in [0.05, 0.1) is 6.10 Å². The lowest BCUT2D eigenvalue weighted by molar-refractivity contribution is 0.0111. The third kappa shape index (κ3) is 6.39. The van der Waals surface area contributed by atoms with Gasteiger partial charge in [-0.1, -0.05) is 13.8 Å². The fraction of sp³-hybridized carbons (Fsp3) is 1.00. The number of rotatable bonds is 8. The molecule has 3 nitrogen and oxygen atoms in total. The van der Waals surface area contributed by atoms with Crippen molar-refractivity contribution < 1.29 is 4.74 Å². The summed E-state index contributed by atoms with van der Waals surface area (Å²) in [6, 6.07) is 0.582. The van der Waals surface area contributed by atoms with Gasteiger partial charge in [0.25, 0.3) is 0 Å². The highest BCUT2D eigenvalue weighted by Crippen LogP contribution is 2.14. The zero-order valence-electron chi connectivity index (χ0n) is 11.9. The first-order chi connectivity index (χ1) is 8.26. The van der Waals surface area contributed by atoms with Crippen LogP contribution in [0, 0.1) is 0 Å². The lowest BCUT2D eigenvalue weighted by Gasteiger charge is -2.26. The van der Waals surface area contributed by atoms with Crippen molar-refractivity contribution in [1.82, 2.24) is 10.2 Å². The van der Waals surface area contributed by atoms with Crippen molar-refractivity contribution in [3.05, 3.63) is 0 Å². The zero-order chi connectivity index (χ0) is 12.5. The molecule has 1 rings (SSSR count). The predicted molar refractivity (Wildman–Crippen MR) is 73.5 cm³/mol. The summed E-state index contributed by atoms with van der Waals surface area (Å²) in [6.45, 7) is 12.2. The zero-order valence-corrected chi connectivity index (χ0v) is 11.9. The van der Waals surface area contributed by atoms with E-state index in [-0.39, 0.29) is 0 Å². The molecule has 2 unspecified atom stereocenters. The molecule has 1 aliphatic heterocycles. The summed E-state index contributed by atoms with van der Waals surface area (Å²) in [7, 11) is 0. The highest BCUT2D eigenvalue weighted by Gasteiger charge is 2.13. The van der Waals surface area contributed by atoms with E-state index in [1.807, 2.05) is 0 Å². The van der Waals surface area contributed by atoms with Gasteiger partial charge in [-0.3, -0.25) is 0 Å². The predicted octanol–water partition coefficient (Wildman–Crippen LogP) is 2.27. The van der Waals surface area contributed by atoms with Crippen LogP contribution in [0.4, 0.5) is 0 Å². The van der Waals surface area contributed by atoms with Crippen molar-refractivity contribution in [3.8, 4) is 0 Å². The second-order valence-corrected chi connectivity index (χ2v) is 5.12. The fourth-order valence-electron chi connectivity index (χ4n) is 2.46. The SMILES string of the molecule is CCN(CC)CC(C)NCCC1CCCCO1. The van der Waals surface area contributed by atoms with Gasteiger partial charge in [0, 0.05) is 19.2 Å². The van der Waals surface area contributed by atoms with E-state index in [1.54, 1.807) is 0 Å². The standard InChI is InChI=1S/C14H30N2O/c1-4-16(5-2)12-13(3)15-10-9-14-8-6-7-11-17-14/h13-15H,4-12H2,1-3H3. The summed E-state index contributed by atoms with van der Waals surface area (Å²) < 4.78 is 5.73. The first-order valence-electron chi connectivity index (χ1n) is 7.33. The molecule has 17 heavy (non-hydrogen) atoms. The average Bonchev–Trinajstić information content (AvgIpc) is 2.37. The Kier molecular flexibility index (Phi) is 7.82. The third-order valence-electron chi connectivity index (χ3n) is 3.66. The van der Waals surface area contributed by atoms with Crippen molar-refractivity contribution in [2.45, 2.75) is 58.6 Å². The first kappa shape index (κ1) is 14.9. The Balaban J connectivity index is 2.04. The molecule has 1 N–H and O–H groups in total. The van der Waals surface area contributed by atoms with Gasteiger partial charge < -0.3 is 15.0 Å². The van der Waals surface area contributed by atoms with Crippen LogP contribution in [0.2, 0.25) is 0 Å². The van der Waals surface area contributed by atoms with Crippen LogP contribution in [0.3, 0.4) is 0 Å². The van der Waals surface area contributed by atoms with Crippen molar-refractivity contribution >= 4 is 0 Å². The van der Waals surface area contributed by atoms with E-state index in [1.165, 1.54) is 25.7 Å². The molecule has 0 saturated carbocycles. The van der Waals surface area contributed by atoms with E-state index >= 15 is 0 Å². The highest BCUT2D eigenvalue weighted by atomic mass is 16.5. The molecule has 1 saturated heterocycles. The average molecular weight is 242 g/mol. The van der Waals surface area contributed by atoms with Gasteiger partial charge in [-0.2, -0.15) is 0 Å². The molecule has 0 radical (unpaired) electrons. The Morgan fingerprint density at radius 1 is 1.29 bits per heavy atom. The summed E-state index contributed by atoms with van der Waals surface area (Å²) in [5.41, 5.74) is 0. The molecule has 0 amide bonds. The van der Waals surface area contributed by atoms with E-state index in [2.05, 4.69) is 31.0 Å². The summed E-state index contributed by atoms with van der Waals surface area (Å²) in [5, 5.41) is 3.61. The third-order valence-corrected chi connectivity index (χ3v) is 3.66. The Labute approximate surface area is 107 Å². The number of hydrogen-bond donors (Lipinski definition) is 1. The second kappa shape index (κ2) is 8.90. The Morgan fingerprint density at radius 3 is 2.65 bits per heavy atom. The van der Waals surface area contributed by atoms with Crippen LogP contribution >= 0.6 is 0 Å². The molecule has 2 atom stereocenters. The summed E-state index contributed by atoms with van der Waals surface area (Å²) in [5.74, 6) is 0. The molecule has 3 heteroatoms. The van der Waals surface area contributed by atoms with Crippen LogP contribution in [-0.2, 0) is 4.74 Å². The summed E-state index contributed by atoms with van der Waals surface area (Å²) in [6.07, 6.45) is 5.54. The number of likely N-dealkylation sites (N-methyl/N-ethyl adjacent to an activating group) is 1. The Bertz CT molecular complexity index is 177. The van der Waals surface area contributed by atoms with Gasteiger partial charge in [0.15, 0.2) is 0 Å². The minimum absolute atomic E-state index is 0.511. The van der Waals surface area contributed by atoms with Crippen LogP contribution in [0.5, 0.6) is 0 Å². The molecule has 1 heterocycles. The lowest BCUT2D eigenvalue weighted by Crippen LogP contribution is -2.40. The molecule has 0 aromatic heterocycles. The molecular weight excluding hydrogens is 212 g/mol. The maximum Gasteiger partial charge on any atom is 0.0587 e. The second-order valence-electron chi connectivity index (χ2n) is 5.12. The van der Waals surface area contributed by atoms with E-state index < -0.39 is 0 Å². The molecule has 102 valence electrons. The molecule has 0 aliphatic carbocycles. The van der Waals surface area contributed by atoms with Gasteiger partial charge in [-0.25, -0.2) is 0 Å². The van der Waals surface area contributed by atoms with E-state index in [9.17, 15) is 0 Å². The van der Waals surface area contributed by atoms with Crippen LogP contribution in [0.25, 0.3) is 0 Å². The topological polar surface area (TPSA) is 24.5 Å². The fourth-order valence-corrected chi connectivity index (χ4v) is 2.46. The Morgan fingerprint density at radius 2 is 2.06 bits per heavy atom. The number of nitrogens with zero attached hydrogens (tertiary/aromatic N) is 1. The van der Waals surface area contributed by atoms with Gasteiger partial charge >= 0.3 is 0 Å². The lowest BCUT2D eigenvalue weighted by atomic mass is 10.1. The summed E-state index contributed by atoms with van der Waals surface area (Å²) >= 11 is 0. The number of nitrogens with one attached hydrogen (secondary N) is 1. The van der Waals surface area contributed by atoms with Gasteiger partial charge in [0.2, 0.25) is 0 Å². The van der Waals surface area contributed by atoms with Crippen molar-refractivity contribution in [1.29, 1.82) is 0 Å². The van der Waals surface area contributed by atoms with E-state index in [0.29, 0.717) is 12.1 Å². The minimum atomic E-state index is 0.511. The van der Waals surface area contributed by atoms with Crippen LogP contribution in [-0.4, -0.2) is 49.8 Å².